The van der Waals surface area contributed by atoms with Crippen LogP contribution in [-0.2, 0) is 14.3 Å². The van der Waals surface area contributed by atoms with Crippen LogP contribution in [0.2, 0.25) is 0 Å². The van der Waals surface area contributed by atoms with Crippen LogP contribution in [0.15, 0.2) is 0 Å². The lowest BCUT2D eigenvalue weighted by Crippen LogP contribution is -2.62. The number of barbiturate groups is 1. The smallest absolute Gasteiger partial charge is 0.331 e. The van der Waals surface area contributed by atoms with Crippen molar-refractivity contribution in [1.82, 2.24) is 10.2 Å². The standard InChI is InChI=1S/C12H20N2O4/c1-5-18-6-9(7(2)3)14-11(16)8(4)10(15)13-12(14)17/h7-9H,5-6H2,1-4H3,(H,13,15,17). The van der Waals surface area contributed by atoms with Crippen molar-refractivity contribution in [2.24, 2.45) is 11.8 Å². The number of urea groups is 1. The second kappa shape index (κ2) is 5.95. The summed E-state index contributed by atoms with van der Waals surface area (Å²) in [6, 6.07) is -1.01. The van der Waals surface area contributed by atoms with Gasteiger partial charge < -0.3 is 4.74 Å². The van der Waals surface area contributed by atoms with E-state index in [0.717, 1.165) is 4.90 Å². The molecule has 1 N–H and O–H groups in total. The maximum absolute atomic E-state index is 12.0. The van der Waals surface area contributed by atoms with E-state index in [4.69, 9.17) is 4.74 Å². The number of nitrogens with zero attached hydrogens (tertiary/aromatic N) is 1. The van der Waals surface area contributed by atoms with E-state index in [1.165, 1.54) is 6.92 Å². The Morgan fingerprint density at radius 2 is 1.94 bits per heavy atom. The van der Waals surface area contributed by atoms with Gasteiger partial charge >= 0.3 is 6.03 Å². The van der Waals surface area contributed by atoms with Crippen molar-refractivity contribution in [3.8, 4) is 0 Å². The zero-order chi connectivity index (χ0) is 13.9. The van der Waals surface area contributed by atoms with Crippen LogP contribution in [0.25, 0.3) is 0 Å². The van der Waals surface area contributed by atoms with Gasteiger partial charge in [0, 0.05) is 6.61 Å². The molecule has 1 heterocycles. The number of hydrogen-bond donors (Lipinski definition) is 1. The highest BCUT2D eigenvalue weighted by atomic mass is 16.5. The summed E-state index contributed by atoms with van der Waals surface area (Å²) in [5.74, 6) is -1.76. The quantitative estimate of drug-likeness (QED) is 0.737. The number of hydrogen-bond acceptors (Lipinski definition) is 4. The van der Waals surface area contributed by atoms with Crippen molar-refractivity contribution < 1.29 is 19.1 Å². The summed E-state index contributed by atoms with van der Waals surface area (Å²) in [5.41, 5.74) is 0. The molecule has 0 bridgehead atoms. The first kappa shape index (κ1) is 14.6. The maximum atomic E-state index is 12.0. The average Bonchev–Trinajstić information content (AvgIpc) is 2.30. The summed E-state index contributed by atoms with van der Waals surface area (Å²) >= 11 is 0. The van der Waals surface area contributed by atoms with Crippen LogP contribution in [0.1, 0.15) is 27.7 Å². The number of carbonyl (C=O) groups excluding carboxylic acids is 3. The van der Waals surface area contributed by atoms with E-state index < -0.39 is 23.8 Å². The Morgan fingerprint density at radius 3 is 2.44 bits per heavy atom. The van der Waals surface area contributed by atoms with Gasteiger partial charge in [0.2, 0.25) is 11.8 Å². The number of rotatable bonds is 5. The van der Waals surface area contributed by atoms with E-state index in [9.17, 15) is 14.4 Å². The third kappa shape index (κ3) is 2.87. The molecule has 102 valence electrons. The summed E-state index contributed by atoms with van der Waals surface area (Å²) in [6.45, 7) is 7.96. The molecule has 4 amide bonds. The molecule has 0 aliphatic carbocycles. The normalized spacial score (nSPS) is 22.4. The van der Waals surface area contributed by atoms with Gasteiger partial charge in [-0.2, -0.15) is 0 Å². The molecule has 2 unspecified atom stereocenters. The minimum Gasteiger partial charge on any atom is -0.380 e. The van der Waals surface area contributed by atoms with E-state index in [1.54, 1.807) is 0 Å². The van der Waals surface area contributed by atoms with Crippen molar-refractivity contribution in [3.63, 3.8) is 0 Å². The molecule has 1 fully saturated rings. The third-order valence-electron chi connectivity index (χ3n) is 3.04. The highest BCUT2D eigenvalue weighted by Gasteiger charge is 2.42. The lowest BCUT2D eigenvalue weighted by Gasteiger charge is -2.36. The van der Waals surface area contributed by atoms with Crippen molar-refractivity contribution in [2.75, 3.05) is 13.2 Å². The number of amides is 4. The molecule has 1 saturated heterocycles. The van der Waals surface area contributed by atoms with Crippen LogP contribution in [-0.4, -0.2) is 42.0 Å². The van der Waals surface area contributed by atoms with Crippen LogP contribution in [0.3, 0.4) is 0 Å². The molecule has 0 saturated carbocycles. The Kier molecular flexibility index (Phi) is 4.84. The molecule has 0 aromatic heterocycles. The molecule has 1 aliphatic heterocycles. The van der Waals surface area contributed by atoms with Crippen LogP contribution in [0.5, 0.6) is 0 Å². The fourth-order valence-corrected chi connectivity index (χ4v) is 1.81. The van der Waals surface area contributed by atoms with Gasteiger partial charge in [-0.15, -0.1) is 0 Å². The highest BCUT2D eigenvalue weighted by molar-refractivity contribution is 6.16. The molecule has 1 rings (SSSR count). The van der Waals surface area contributed by atoms with E-state index in [1.807, 2.05) is 20.8 Å². The number of ether oxygens (including phenoxy) is 1. The molecule has 1 aliphatic rings. The second-order valence-corrected chi connectivity index (χ2v) is 4.70. The second-order valence-electron chi connectivity index (χ2n) is 4.70. The van der Waals surface area contributed by atoms with E-state index in [-0.39, 0.29) is 18.6 Å². The molecule has 6 heteroatoms. The lowest BCUT2D eigenvalue weighted by molar-refractivity contribution is -0.144. The molecule has 6 nitrogen and oxygen atoms in total. The van der Waals surface area contributed by atoms with E-state index >= 15 is 0 Å². The van der Waals surface area contributed by atoms with Gasteiger partial charge in [0.05, 0.1) is 12.6 Å². The predicted octanol–water partition coefficient (Wildman–Crippen LogP) is 0.762. The minimum atomic E-state index is -0.828. The van der Waals surface area contributed by atoms with Crippen LogP contribution >= 0.6 is 0 Å². The van der Waals surface area contributed by atoms with Crippen LogP contribution < -0.4 is 5.32 Å². The monoisotopic (exact) mass is 256 g/mol. The first-order valence-electron chi connectivity index (χ1n) is 6.15. The van der Waals surface area contributed by atoms with Crippen molar-refractivity contribution in [3.05, 3.63) is 0 Å². The Morgan fingerprint density at radius 1 is 1.33 bits per heavy atom. The summed E-state index contributed by atoms with van der Waals surface area (Å²) in [7, 11) is 0. The zero-order valence-electron chi connectivity index (χ0n) is 11.2. The SMILES string of the molecule is CCOCC(C(C)C)N1C(=O)NC(=O)C(C)C1=O. The van der Waals surface area contributed by atoms with Gasteiger partial charge in [-0.3, -0.25) is 19.8 Å². The maximum Gasteiger partial charge on any atom is 0.331 e. The Balaban J connectivity index is 2.91. The molecule has 18 heavy (non-hydrogen) atoms. The molecule has 0 aromatic rings. The largest absolute Gasteiger partial charge is 0.380 e. The van der Waals surface area contributed by atoms with Crippen LogP contribution in [0.4, 0.5) is 4.79 Å². The van der Waals surface area contributed by atoms with Gasteiger partial charge in [0.1, 0.15) is 5.92 Å². The third-order valence-corrected chi connectivity index (χ3v) is 3.04. The van der Waals surface area contributed by atoms with Gasteiger partial charge in [-0.1, -0.05) is 13.8 Å². The number of imide groups is 2. The van der Waals surface area contributed by atoms with Gasteiger partial charge in [-0.25, -0.2) is 4.79 Å². The number of nitrogens with one attached hydrogen (secondary N) is 1. The first-order valence-corrected chi connectivity index (χ1v) is 6.15. The summed E-state index contributed by atoms with van der Waals surface area (Å²) in [4.78, 5) is 36.3. The summed E-state index contributed by atoms with van der Waals surface area (Å²) < 4.78 is 5.31. The fraction of sp³-hybridized carbons (Fsp3) is 0.750. The zero-order valence-corrected chi connectivity index (χ0v) is 11.2. The summed E-state index contributed by atoms with van der Waals surface area (Å²) in [6.07, 6.45) is 0. The van der Waals surface area contributed by atoms with Gasteiger partial charge in [-0.05, 0) is 19.8 Å². The fourth-order valence-electron chi connectivity index (χ4n) is 1.81. The number of carbonyl (C=O) groups is 3. The van der Waals surface area contributed by atoms with Gasteiger partial charge in [0.15, 0.2) is 0 Å². The van der Waals surface area contributed by atoms with E-state index in [0.29, 0.717) is 6.61 Å². The Bertz CT molecular complexity index is 354. The molecule has 2 atom stereocenters. The van der Waals surface area contributed by atoms with Gasteiger partial charge in [0.25, 0.3) is 0 Å². The highest BCUT2D eigenvalue weighted by Crippen LogP contribution is 2.18. The molecule has 0 aromatic carbocycles. The summed E-state index contributed by atoms with van der Waals surface area (Å²) in [5, 5.41) is 2.19. The first-order chi connectivity index (χ1) is 8.40. The molecule has 0 spiro atoms. The molecular formula is C12H20N2O4. The van der Waals surface area contributed by atoms with Crippen molar-refractivity contribution in [2.45, 2.75) is 33.7 Å². The Labute approximate surface area is 107 Å². The molecular weight excluding hydrogens is 236 g/mol. The minimum absolute atomic E-state index is 0.0617. The lowest BCUT2D eigenvalue weighted by atomic mass is 9.99. The van der Waals surface area contributed by atoms with E-state index in [2.05, 4.69) is 5.32 Å². The van der Waals surface area contributed by atoms with Crippen LogP contribution in [0, 0.1) is 11.8 Å². The predicted molar refractivity (Wildman–Crippen MR) is 64.7 cm³/mol. The Hall–Kier alpha value is -1.43. The molecule has 0 radical (unpaired) electrons. The average molecular weight is 256 g/mol. The van der Waals surface area contributed by atoms with Crippen molar-refractivity contribution in [1.29, 1.82) is 0 Å². The topological polar surface area (TPSA) is 75.7 Å². The van der Waals surface area contributed by atoms with Crippen molar-refractivity contribution >= 4 is 17.8 Å².